The first-order valence-electron chi connectivity index (χ1n) is 9.61. The van der Waals surface area contributed by atoms with E-state index in [0.29, 0.717) is 23.8 Å². The van der Waals surface area contributed by atoms with Crippen molar-refractivity contribution in [2.75, 3.05) is 19.9 Å². The maximum atomic E-state index is 13.3. The van der Waals surface area contributed by atoms with E-state index in [0.717, 1.165) is 33.8 Å². The number of aryl methyl sites for hydroxylation is 1. The molecule has 30 heavy (non-hydrogen) atoms. The summed E-state index contributed by atoms with van der Waals surface area (Å²) in [5.74, 6) is 1.07. The number of hydrogen-bond acceptors (Lipinski definition) is 5. The predicted molar refractivity (Wildman–Crippen MR) is 125 cm³/mol. The molecule has 8 heteroatoms. The summed E-state index contributed by atoms with van der Waals surface area (Å²) in [6.07, 6.45) is 0.790. The Morgan fingerprint density at radius 3 is 2.67 bits per heavy atom. The number of benzene rings is 1. The summed E-state index contributed by atoms with van der Waals surface area (Å²) in [6, 6.07) is 7.99. The van der Waals surface area contributed by atoms with Crippen molar-refractivity contribution in [2.45, 2.75) is 39.3 Å². The Labute approximate surface area is 187 Å². The number of nitrogens with zero attached hydrogens (tertiary/aromatic N) is 3. The van der Waals surface area contributed by atoms with Crippen LogP contribution in [0.4, 0.5) is 5.69 Å². The second kappa shape index (κ2) is 7.96. The Bertz CT molecular complexity index is 1080. The van der Waals surface area contributed by atoms with Crippen molar-refractivity contribution >= 4 is 35.3 Å². The molecular weight excluding hydrogens is 420 g/mol. The lowest BCUT2D eigenvalue weighted by molar-refractivity contribution is 0.0638. The van der Waals surface area contributed by atoms with Crippen molar-refractivity contribution in [1.29, 1.82) is 0 Å². The lowest BCUT2D eigenvalue weighted by Gasteiger charge is -2.32. The number of aromatic nitrogens is 2. The van der Waals surface area contributed by atoms with Gasteiger partial charge in [-0.05, 0) is 56.3 Å². The van der Waals surface area contributed by atoms with Gasteiger partial charge in [0.1, 0.15) is 11.4 Å². The molecule has 4 rings (SSSR count). The minimum Gasteiger partial charge on any atom is -0.495 e. The summed E-state index contributed by atoms with van der Waals surface area (Å²) in [5, 5.41) is 2.02. The Kier molecular flexibility index (Phi) is 5.89. The number of nitrogens with two attached hydrogens (primary N) is 1. The zero-order valence-electron chi connectivity index (χ0n) is 17.9. The number of ether oxygens (including phenoxy) is 1. The van der Waals surface area contributed by atoms with E-state index in [2.05, 4.69) is 0 Å². The van der Waals surface area contributed by atoms with Crippen molar-refractivity contribution in [3.8, 4) is 27.6 Å². The van der Waals surface area contributed by atoms with Crippen LogP contribution in [0.15, 0.2) is 29.6 Å². The molecule has 1 aliphatic rings. The molecule has 0 bridgehead atoms. The number of imidazole rings is 1. The highest BCUT2D eigenvalue weighted by atomic mass is 35.5. The number of thiophene rings is 1. The van der Waals surface area contributed by atoms with Gasteiger partial charge >= 0.3 is 0 Å². The van der Waals surface area contributed by atoms with Gasteiger partial charge in [-0.15, -0.1) is 23.7 Å². The van der Waals surface area contributed by atoms with Crippen molar-refractivity contribution in [3.05, 3.63) is 41.0 Å². The van der Waals surface area contributed by atoms with Gasteiger partial charge in [0.25, 0.3) is 5.91 Å². The van der Waals surface area contributed by atoms with Gasteiger partial charge in [0.05, 0.1) is 23.4 Å². The summed E-state index contributed by atoms with van der Waals surface area (Å²) in [4.78, 5) is 21.0. The second-order valence-corrected chi connectivity index (χ2v) is 9.25. The number of amides is 1. The van der Waals surface area contributed by atoms with E-state index in [4.69, 9.17) is 15.5 Å². The lowest BCUT2D eigenvalue weighted by atomic mass is 9.95. The fourth-order valence-corrected chi connectivity index (χ4v) is 4.34. The number of fused-ring (bicyclic) bond motifs is 3. The van der Waals surface area contributed by atoms with Crippen LogP contribution in [0, 0.1) is 0 Å². The molecule has 0 fully saturated rings. The maximum absolute atomic E-state index is 13.3. The summed E-state index contributed by atoms with van der Waals surface area (Å²) in [7, 11) is 3.45. The first-order valence-corrected chi connectivity index (χ1v) is 10.5. The first kappa shape index (κ1) is 22.2. The molecule has 0 atom stereocenters. The highest BCUT2D eigenvalue weighted by molar-refractivity contribution is 7.13. The molecule has 0 saturated carbocycles. The fourth-order valence-electron chi connectivity index (χ4n) is 3.62. The molecule has 1 aliphatic heterocycles. The molecule has 160 valence electrons. The molecule has 1 aromatic carbocycles. The van der Waals surface area contributed by atoms with Crippen molar-refractivity contribution < 1.29 is 9.53 Å². The molecule has 6 nitrogen and oxygen atoms in total. The van der Waals surface area contributed by atoms with E-state index in [1.165, 1.54) is 0 Å². The first-order chi connectivity index (χ1) is 13.7. The van der Waals surface area contributed by atoms with Crippen LogP contribution in [0.3, 0.4) is 0 Å². The van der Waals surface area contributed by atoms with Gasteiger partial charge in [0, 0.05) is 24.7 Å². The maximum Gasteiger partial charge on any atom is 0.290 e. The topological polar surface area (TPSA) is 73.4 Å². The number of anilines is 1. The number of halogens is 1. The molecule has 0 spiro atoms. The quantitative estimate of drug-likeness (QED) is 0.591. The molecule has 1 amide bonds. The Morgan fingerprint density at radius 2 is 2.07 bits per heavy atom. The molecule has 2 aromatic heterocycles. The van der Waals surface area contributed by atoms with Crippen LogP contribution in [0.2, 0.25) is 0 Å². The largest absolute Gasteiger partial charge is 0.495 e. The monoisotopic (exact) mass is 446 g/mol. The Balaban J connectivity index is 0.00000256. The second-order valence-electron chi connectivity index (χ2n) is 8.30. The standard InChI is InChI=1S/C22H26N4O2S.ClH/c1-22(2,3)25(4)21(27)20-24-18(17-7-6-10-29-17)19-14-12-15(23)16(28-5)11-13(14)8-9-26(19)20;/h6-7,10-12H,8-9,23H2,1-5H3;1H. The van der Waals surface area contributed by atoms with E-state index in [1.54, 1.807) is 23.3 Å². The molecule has 0 unspecified atom stereocenters. The fraction of sp³-hybridized carbons (Fsp3) is 0.364. The molecule has 0 saturated heterocycles. The van der Waals surface area contributed by atoms with E-state index in [1.807, 2.05) is 62.0 Å². The number of carbonyl (C=O) groups excluding carboxylic acids is 1. The third-order valence-electron chi connectivity index (χ3n) is 5.54. The van der Waals surface area contributed by atoms with Gasteiger partial charge in [0.15, 0.2) is 5.82 Å². The van der Waals surface area contributed by atoms with Gasteiger partial charge < -0.3 is 19.9 Å². The average Bonchev–Trinajstić information content (AvgIpc) is 3.33. The molecule has 0 aliphatic carbocycles. The minimum absolute atomic E-state index is 0. The third kappa shape index (κ3) is 3.56. The zero-order chi connectivity index (χ0) is 20.9. The van der Waals surface area contributed by atoms with E-state index in [9.17, 15) is 4.79 Å². The Morgan fingerprint density at radius 1 is 1.33 bits per heavy atom. The van der Waals surface area contributed by atoms with E-state index in [-0.39, 0.29) is 23.9 Å². The number of rotatable bonds is 3. The summed E-state index contributed by atoms with van der Waals surface area (Å²) in [6.45, 7) is 6.75. The lowest BCUT2D eigenvalue weighted by Crippen LogP contribution is -2.43. The third-order valence-corrected chi connectivity index (χ3v) is 6.42. The molecule has 0 radical (unpaired) electrons. The van der Waals surface area contributed by atoms with Crippen molar-refractivity contribution in [1.82, 2.24) is 14.5 Å². The smallest absolute Gasteiger partial charge is 0.290 e. The number of nitrogen functional groups attached to an aromatic ring is 1. The zero-order valence-corrected chi connectivity index (χ0v) is 19.5. The molecular formula is C22H27ClN4O2S. The predicted octanol–water partition coefficient (Wildman–Crippen LogP) is 4.72. The van der Waals surface area contributed by atoms with Gasteiger partial charge in [-0.1, -0.05) is 6.07 Å². The number of carbonyl (C=O) groups is 1. The van der Waals surface area contributed by atoms with Crippen LogP contribution >= 0.6 is 23.7 Å². The van der Waals surface area contributed by atoms with Gasteiger partial charge in [-0.25, -0.2) is 4.98 Å². The molecule has 3 heterocycles. The SMILES string of the molecule is COc1cc2c(cc1N)-c1c(-c3cccs3)nc(C(=O)N(C)C(C)(C)C)n1CC2.Cl. The molecule has 3 aromatic rings. The minimum atomic E-state index is -0.295. The van der Waals surface area contributed by atoms with Crippen molar-refractivity contribution in [2.24, 2.45) is 0 Å². The Hall–Kier alpha value is -2.51. The average molecular weight is 447 g/mol. The van der Waals surface area contributed by atoms with E-state index < -0.39 is 0 Å². The highest BCUT2D eigenvalue weighted by Gasteiger charge is 2.33. The van der Waals surface area contributed by atoms with E-state index >= 15 is 0 Å². The number of methoxy groups -OCH3 is 1. The molecule has 2 N–H and O–H groups in total. The van der Waals surface area contributed by atoms with Crippen LogP contribution in [0.1, 0.15) is 37.0 Å². The summed E-state index contributed by atoms with van der Waals surface area (Å²) >= 11 is 1.62. The normalized spacial score (nSPS) is 12.6. The summed E-state index contributed by atoms with van der Waals surface area (Å²) in [5.41, 5.74) is 10.5. The van der Waals surface area contributed by atoms with Crippen LogP contribution in [-0.4, -0.2) is 40.1 Å². The van der Waals surface area contributed by atoms with Crippen molar-refractivity contribution in [3.63, 3.8) is 0 Å². The van der Waals surface area contributed by atoms with Crippen LogP contribution < -0.4 is 10.5 Å². The van der Waals surface area contributed by atoms with Gasteiger partial charge in [0.2, 0.25) is 0 Å². The van der Waals surface area contributed by atoms with Gasteiger partial charge in [-0.3, -0.25) is 4.79 Å². The van der Waals surface area contributed by atoms with Crippen LogP contribution in [0.5, 0.6) is 5.75 Å². The number of hydrogen-bond donors (Lipinski definition) is 1. The van der Waals surface area contributed by atoms with Crippen LogP contribution in [-0.2, 0) is 13.0 Å². The van der Waals surface area contributed by atoms with Crippen LogP contribution in [0.25, 0.3) is 21.8 Å². The van der Waals surface area contributed by atoms with Gasteiger partial charge in [-0.2, -0.15) is 0 Å². The summed E-state index contributed by atoms with van der Waals surface area (Å²) < 4.78 is 7.46. The highest BCUT2D eigenvalue weighted by Crippen LogP contribution is 2.42.